The second-order valence-corrected chi connectivity index (χ2v) is 8.09. The third-order valence-electron chi connectivity index (χ3n) is 5.70. The van der Waals surface area contributed by atoms with Crippen molar-refractivity contribution in [2.45, 2.75) is 19.0 Å². The first kappa shape index (κ1) is 20.7. The molecule has 1 fully saturated rings. The zero-order valence-electron chi connectivity index (χ0n) is 17.9. The molecule has 1 aliphatic rings. The number of nitrogens with two attached hydrogens (primary N) is 1. The Bertz CT molecular complexity index is 1260. The largest absolute Gasteiger partial charge is 0.488 e. The van der Waals surface area contributed by atoms with Crippen LogP contribution < -0.4 is 10.5 Å². The van der Waals surface area contributed by atoms with Crippen molar-refractivity contribution in [3.8, 4) is 17.3 Å². The van der Waals surface area contributed by atoms with Crippen molar-refractivity contribution < 1.29 is 13.9 Å². The van der Waals surface area contributed by atoms with Crippen LogP contribution in [0.25, 0.3) is 28.1 Å². The van der Waals surface area contributed by atoms with E-state index in [9.17, 15) is 4.39 Å². The van der Waals surface area contributed by atoms with Gasteiger partial charge in [0.2, 0.25) is 0 Å². The fraction of sp³-hybridized carbons (Fsp3) is 0.348. The summed E-state index contributed by atoms with van der Waals surface area (Å²) in [5.41, 5.74) is 9.21. The maximum absolute atomic E-state index is 14.3. The molecule has 1 aliphatic heterocycles. The Kier molecular flexibility index (Phi) is 5.69. The first-order valence-corrected chi connectivity index (χ1v) is 10.6. The van der Waals surface area contributed by atoms with Crippen molar-refractivity contribution >= 4 is 16.6 Å². The van der Waals surface area contributed by atoms with Gasteiger partial charge in [-0.25, -0.2) is 9.37 Å². The number of halogens is 1. The minimum Gasteiger partial charge on any atom is -0.488 e. The van der Waals surface area contributed by atoms with Crippen LogP contribution in [0.2, 0.25) is 0 Å². The topological polar surface area (TPSA) is 90.8 Å². The van der Waals surface area contributed by atoms with Gasteiger partial charge in [-0.05, 0) is 30.2 Å². The summed E-state index contributed by atoms with van der Waals surface area (Å²) in [6.07, 6.45) is 3.07. The highest BCUT2D eigenvalue weighted by molar-refractivity contribution is 5.82. The molecule has 9 heteroatoms. The van der Waals surface area contributed by atoms with Crippen molar-refractivity contribution in [1.82, 2.24) is 24.5 Å². The highest BCUT2D eigenvalue weighted by Crippen LogP contribution is 2.27. The molecule has 4 aromatic rings. The van der Waals surface area contributed by atoms with Crippen LogP contribution in [0.3, 0.4) is 0 Å². The van der Waals surface area contributed by atoms with Crippen molar-refractivity contribution in [3.63, 3.8) is 0 Å². The monoisotopic (exact) mass is 436 g/mol. The lowest BCUT2D eigenvalue weighted by molar-refractivity contribution is 0.144. The van der Waals surface area contributed by atoms with Gasteiger partial charge in [-0.2, -0.15) is 0 Å². The summed E-state index contributed by atoms with van der Waals surface area (Å²) in [5, 5.41) is 9.32. The zero-order chi connectivity index (χ0) is 22.1. The van der Waals surface area contributed by atoms with Crippen LogP contribution >= 0.6 is 0 Å². The van der Waals surface area contributed by atoms with Crippen LogP contribution in [0.15, 0.2) is 42.6 Å². The Morgan fingerprint density at radius 3 is 2.88 bits per heavy atom. The molecular formula is C23H25FN6O2. The van der Waals surface area contributed by atoms with E-state index >= 15 is 0 Å². The van der Waals surface area contributed by atoms with Gasteiger partial charge in [0.15, 0.2) is 23.0 Å². The molecule has 3 aromatic heterocycles. The van der Waals surface area contributed by atoms with Gasteiger partial charge in [-0.15, -0.1) is 10.2 Å². The number of aromatic nitrogens is 4. The standard InChI is InChI=1S/C23H25FN6O2/c1-31-8-9-32-21-11-20-16(10-18(21)24)3-4-19(26-20)23-28-27-22-5-2-15(13-30(22)23)12-29-7-6-17(25)14-29/h2-5,10-11,13,17H,6-9,12,14,25H2,1H3. The third kappa shape index (κ3) is 4.14. The lowest BCUT2D eigenvalue weighted by Gasteiger charge is -2.15. The number of fused-ring (bicyclic) bond motifs is 2. The van der Waals surface area contributed by atoms with Crippen LogP contribution in [-0.4, -0.2) is 63.9 Å². The normalized spacial score (nSPS) is 16.9. The van der Waals surface area contributed by atoms with Gasteiger partial charge in [0.05, 0.1) is 12.1 Å². The highest BCUT2D eigenvalue weighted by atomic mass is 19.1. The Morgan fingerprint density at radius 1 is 1.16 bits per heavy atom. The fourth-order valence-electron chi connectivity index (χ4n) is 4.06. The van der Waals surface area contributed by atoms with Gasteiger partial charge in [0, 0.05) is 50.4 Å². The average Bonchev–Trinajstić information content (AvgIpc) is 3.39. The molecule has 5 rings (SSSR count). The Labute approximate surface area is 184 Å². The molecule has 1 atom stereocenters. The molecule has 1 unspecified atom stereocenters. The first-order chi connectivity index (χ1) is 15.6. The fourth-order valence-corrected chi connectivity index (χ4v) is 4.06. The molecular weight excluding hydrogens is 411 g/mol. The van der Waals surface area contributed by atoms with Crippen LogP contribution in [0.1, 0.15) is 12.0 Å². The molecule has 166 valence electrons. The summed E-state index contributed by atoms with van der Waals surface area (Å²) in [6, 6.07) is 11.0. The molecule has 1 saturated heterocycles. The molecule has 2 N–H and O–H groups in total. The maximum Gasteiger partial charge on any atom is 0.187 e. The Hall–Kier alpha value is -3.14. The number of benzene rings is 1. The highest BCUT2D eigenvalue weighted by Gasteiger charge is 2.19. The lowest BCUT2D eigenvalue weighted by Crippen LogP contribution is -2.26. The predicted octanol–water partition coefficient (Wildman–Crippen LogP) is 2.64. The molecule has 4 heterocycles. The van der Waals surface area contributed by atoms with Gasteiger partial charge in [-0.3, -0.25) is 9.30 Å². The molecule has 0 amide bonds. The van der Waals surface area contributed by atoms with Crippen molar-refractivity contribution in [2.75, 3.05) is 33.4 Å². The number of rotatable bonds is 7. The summed E-state index contributed by atoms with van der Waals surface area (Å²) in [4.78, 5) is 7.06. The SMILES string of the molecule is COCCOc1cc2nc(-c3nnc4ccc(CN5CCC(N)C5)cn34)ccc2cc1F. The van der Waals surface area contributed by atoms with Gasteiger partial charge in [0.25, 0.3) is 0 Å². The van der Waals surface area contributed by atoms with E-state index in [1.165, 1.54) is 6.07 Å². The van der Waals surface area contributed by atoms with E-state index in [0.29, 0.717) is 29.0 Å². The van der Waals surface area contributed by atoms with Crippen LogP contribution in [0, 0.1) is 5.82 Å². The van der Waals surface area contributed by atoms with Crippen molar-refractivity contribution in [1.29, 1.82) is 0 Å². The molecule has 8 nitrogen and oxygen atoms in total. The summed E-state index contributed by atoms with van der Waals surface area (Å²) >= 11 is 0. The van der Waals surface area contributed by atoms with Crippen LogP contribution in [0.4, 0.5) is 4.39 Å². The van der Waals surface area contributed by atoms with Crippen molar-refractivity contribution in [2.24, 2.45) is 5.73 Å². The number of pyridine rings is 2. The number of methoxy groups -OCH3 is 1. The van der Waals surface area contributed by atoms with E-state index in [4.69, 9.17) is 20.2 Å². The lowest BCUT2D eigenvalue weighted by atomic mass is 10.2. The van der Waals surface area contributed by atoms with E-state index in [0.717, 1.165) is 37.3 Å². The smallest absolute Gasteiger partial charge is 0.187 e. The van der Waals surface area contributed by atoms with E-state index in [-0.39, 0.29) is 18.4 Å². The quantitative estimate of drug-likeness (QED) is 0.446. The number of nitrogens with zero attached hydrogens (tertiary/aromatic N) is 5. The molecule has 0 aliphatic carbocycles. The van der Waals surface area contributed by atoms with E-state index in [1.807, 2.05) is 28.8 Å². The van der Waals surface area contributed by atoms with Gasteiger partial charge < -0.3 is 15.2 Å². The zero-order valence-corrected chi connectivity index (χ0v) is 17.9. The number of ether oxygens (including phenoxy) is 2. The number of hydrogen-bond donors (Lipinski definition) is 1. The summed E-state index contributed by atoms with van der Waals surface area (Å²) in [5.74, 6) is 0.354. The third-order valence-corrected chi connectivity index (χ3v) is 5.70. The second-order valence-electron chi connectivity index (χ2n) is 8.09. The van der Waals surface area contributed by atoms with Crippen molar-refractivity contribution in [3.05, 3.63) is 54.0 Å². The molecule has 1 aromatic carbocycles. The van der Waals surface area contributed by atoms with E-state index in [2.05, 4.69) is 21.2 Å². The maximum atomic E-state index is 14.3. The van der Waals surface area contributed by atoms with Crippen LogP contribution in [0.5, 0.6) is 5.75 Å². The average molecular weight is 436 g/mol. The van der Waals surface area contributed by atoms with Gasteiger partial charge in [0.1, 0.15) is 12.3 Å². The molecule has 0 saturated carbocycles. The minimum absolute atomic E-state index is 0.149. The van der Waals surface area contributed by atoms with E-state index in [1.54, 1.807) is 13.2 Å². The molecule has 0 bridgehead atoms. The Balaban J connectivity index is 1.47. The second kappa shape index (κ2) is 8.78. The Morgan fingerprint density at radius 2 is 2.06 bits per heavy atom. The summed E-state index contributed by atoms with van der Waals surface area (Å²) < 4.78 is 26.7. The number of likely N-dealkylation sites (tertiary alicyclic amines) is 1. The van der Waals surface area contributed by atoms with Gasteiger partial charge >= 0.3 is 0 Å². The predicted molar refractivity (Wildman–Crippen MR) is 119 cm³/mol. The van der Waals surface area contributed by atoms with Crippen LogP contribution in [-0.2, 0) is 11.3 Å². The first-order valence-electron chi connectivity index (χ1n) is 10.6. The summed E-state index contributed by atoms with van der Waals surface area (Å²) in [6.45, 7) is 3.38. The molecule has 0 spiro atoms. The van der Waals surface area contributed by atoms with E-state index < -0.39 is 5.82 Å². The summed E-state index contributed by atoms with van der Waals surface area (Å²) in [7, 11) is 1.57. The van der Waals surface area contributed by atoms with Gasteiger partial charge in [-0.1, -0.05) is 12.1 Å². The molecule has 0 radical (unpaired) electrons. The molecule has 32 heavy (non-hydrogen) atoms. The number of hydrogen-bond acceptors (Lipinski definition) is 7. The minimum atomic E-state index is -0.428.